The van der Waals surface area contributed by atoms with Crippen LogP contribution in [0, 0.1) is 0 Å². The highest BCUT2D eigenvalue weighted by atomic mass is 32.2. The summed E-state index contributed by atoms with van der Waals surface area (Å²) in [6.07, 6.45) is 1.74. The number of hydrogen-bond donors (Lipinski definition) is 3. The van der Waals surface area contributed by atoms with E-state index in [-0.39, 0.29) is 17.3 Å². The van der Waals surface area contributed by atoms with Crippen LogP contribution in [-0.2, 0) is 10.8 Å². The maximum Gasteiger partial charge on any atom is 0.337 e. The van der Waals surface area contributed by atoms with Crippen molar-refractivity contribution in [1.29, 1.82) is 0 Å². The van der Waals surface area contributed by atoms with E-state index in [9.17, 15) is 9.00 Å². The van der Waals surface area contributed by atoms with Gasteiger partial charge in [-0.2, -0.15) is 0 Å². The Morgan fingerprint density at radius 3 is 2.61 bits per heavy atom. The van der Waals surface area contributed by atoms with Gasteiger partial charge in [0.1, 0.15) is 0 Å². The molecule has 5 nitrogen and oxygen atoms in total. The van der Waals surface area contributed by atoms with Crippen molar-refractivity contribution in [3.63, 3.8) is 0 Å². The minimum Gasteiger partial charge on any atom is -0.478 e. The van der Waals surface area contributed by atoms with Gasteiger partial charge in [0, 0.05) is 39.7 Å². The number of rotatable bonds is 3. The second kappa shape index (κ2) is 5.39. The molecule has 0 unspecified atom stereocenters. The molecule has 0 saturated carbocycles. The van der Waals surface area contributed by atoms with Crippen LogP contribution in [0.2, 0.25) is 0 Å². The van der Waals surface area contributed by atoms with Crippen molar-refractivity contribution in [2.45, 2.75) is 18.9 Å². The summed E-state index contributed by atoms with van der Waals surface area (Å²) in [5, 5.41) is 12.2. The van der Waals surface area contributed by atoms with Crippen LogP contribution in [0.3, 0.4) is 0 Å². The topological polar surface area (TPSA) is 92.4 Å². The number of carboxylic acids is 1. The Morgan fingerprint density at radius 2 is 2.06 bits per heavy atom. The molecule has 0 radical (unpaired) electrons. The predicted octanol–water partition coefficient (Wildman–Crippen LogP) is 1.29. The van der Waals surface area contributed by atoms with Gasteiger partial charge in [-0.3, -0.25) is 4.21 Å². The molecule has 0 aliphatic carbocycles. The summed E-state index contributed by atoms with van der Waals surface area (Å²) >= 11 is 0. The molecule has 1 saturated heterocycles. The van der Waals surface area contributed by atoms with Crippen LogP contribution in [0.1, 0.15) is 23.2 Å². The molecule has 0 amide bonds. The van der Waals surface area contributed by atoms with Crippen molar-refractivity contribution >= 4 is 28.1 Å². The largest absolute Gasteiger partial charge is 0.478 e. The third-order valence-electron chi connectivity index (χ3n) is 3.04. The Kier molecular flexibility index (Phi) is 3.86. The van der Waals surface area contributed by atoms with Gasteiger partial charge >= 0.3 is 5.97 Å². The number of aromatic carboxylic acids is 1. The Bertz CT molecular complexity index is 480. The lowest BCUT2D eigenvalue weighted by atomic mass is 10.1. The maximum absolute atomic E-state index is 11.2. The van der Waals surface area contributed by atoms with Crippen molar-refractivity contribution in [3.8, 4) is 0 Å². The Morgan fingerprint density at radius 1 is 1.39 bits per heavy atom. The minimum absolute atomic E-state index is 0.116. The summed E-state index contributed by atoms with van der Waals surface area (Å²) in [6, 6.07) is 5.14. The zero-order valence-corrected chi connectivity index (χ0v) is 10.7. The molecule has 0 atom stereocenters. The summed E-state index contributed by atoms with van der Waals surface area (Å²) in [5.74, 6) is 0.424. The first-order valence-electron chi connectivity index (χ1n) is 5.80. The summed E-state index contributed by atoms with van der Waals surface area (Å²) in [5.41, 5.74) is 6.87. The van der Waals surface area contributed by atoms with E-state index in [1.165, 1.54) is 6.07 Å². The Balaban J connectivity index is 2.04. The molecule has 0 bridgehead atoms. The number of nitrogens with two attached hydrogens (primary N) is 1. The third-order valence-corrected chi connectivity index (χ3v) is 4.42. The first-order chi connectivity index (χ1) is 8.56. The Hall–Kier alpha value is -1.56. The molecule has 6 heteroatoms. The summed E-state index contributed by atoms with van der Waals surface area (Å²) in [6.45, 7) is 0. The number of benzene rings is 1. The molecule has 1 aliphatic rings. The highest BCUT2D eigenvalue weighted by molar-refractivity contribution is 7.85. The van der Waals surface area contributed by atoms with Gasteiger partial charge in [-0.25, -0.2) is 4.79 Å². The summed E-state index contributed by atoms with van der Waals surface area (Å²) in [4.78, 5) is 10.8. The van der Waals surface area contributed by atoms with Crippen LogP contribution in [0.4, 0.5) is 11.4 Å². The zero-order valence-electron chi connectivity index (χ0n) is 9.89. The number of carboxylic acid groups (broad SMARTS) is 1. The average Bonchev–Trinajstić information content (AvgIpc) is 2.32. The van der Waals surface area contributed by atoms with Gasteiger partial charge < -0.3 is 16.2 Å². The molecule has 0 spiro atoms. The molecule has 1 fully saturated rings. The third kappa shape index (κ3) is 3.01. The van der Waals surface area contributed by atoms with E-state index >= 15 is 0 Å². The first-order valence-corrected chi connectivity index (χ1v) is 7.29. The number of anilines is 2. The second-order valence-corrected chi connectivity index (χ2v) is 6.07. The quantitative estimate of drug-likeness (QED) is 0.718. The van der Waals surface area contributed by atoms with E-state index < -0.39 is 16.8 Å². The minimum atomic E-state index is -1.02. The monoisotopic (exact) mass is 268 g/mol. The highest BCUT2D eigenvalue weighted by Crippen LogP contribution is 2.21. The van der Waals surface area contributed by atoms with Crippen molar-refractivity contribution in [3.05, 3.63) is 23.8 Å². The lowest BCUT2D eigenvalue weighted by Gasteiger charge is -2.23. The first kappa shape index (κ1) is 12.9. The number of carbonyl (C=O) groups is 1. The zero-order chi connectivity index (χ0) is 13.1. The molecule has 1 aliphatic heterocycles. The molecule has 18 heavy (non-hydrogen) atoms. The highest BCUT2D eigenvalue weighted by Gasteiger charge is 2.18. The lowest BCUT2D eigenvalue weighted by Crippen LogP contribution is -2.29. The van der Waals surface area contributed by atoms with Crippen molar-refractivity contribution in [2.75, 3.05) is 22.6 Å². The molecule has 0 aromatic heterocycles. The van der Waals surface area contributed by atoms with Crippen LogP contribution in [-0.4, -0.2) is 32.8 Å². The van der Waals surface area contributed by atoms with Crippen LogP contribution >= 0.6 is 0 Å². The predicted molar refractivity (Wildman–Crippen MR) is 72.3 cm³/mol. The van der Waals surface area contributed by atoms with E-state index in [1.54, 1.807) is 12.1 Å². The number of nitrogens with one attached hydrogen (secondary N) is 1. The fourth-order valence-corrected chi connectivity index (χ4v) is 3.32. The van der Waals surface area contributed by atoms with Gasteiger partial charge in [-0.05, 0) is 31.0 Å². The molecule has 2 rings (SSSR count). The fraction of sp³-hybridized carbons (Fsp3) is 0.417. The van der Waals surface area contributed by atoms with Crippen LogP contribution in [0.25, 0.3) is 0 Å². The fourth-order valence-electron chi connectivity index (χ4n) is 2.02. The van der Waals surface area contributed by atoms with Crippen molar-refractivity contribution in [1.82, 2.24) is 0 Å². The van der Waals surface area contributed by atoms with Crippen molar-refractivity contribution < 1.29 is 14.1 Å². The normalized spacial score (nSPS) is 23.6. The smallest absolute Gasteiger partial charge is 0.337 e. The molecule has 1 aromatic rings. The molecule has 4 N–H and O–H groups in total. The number of nitrogen functional groups attached to an aromatic ring is 1. The van der Waals surface area contributed by atoms with Gasteiger partial charge in [0.05, 0.1) is 5.56 Å². The molecule has 1 heterocycles. The standard InChI is InChI=1S/C12H16N2O3S/c13-11-7-9(1-2-10(11)12(15)16)14-8-3-5-18(17)6-4-8/h1-2,7-8,14H,3-6,13H2,(H,15,16). The average molecular weight is 268 g/mol. The van der Waals surface area contributed by atoms with Gasteiger partial charge in [0.15, 0.2) is 0 Å². The summed E-state index contributed by atoms with van der Waals surface area (Å²) in [7, 11) is -0.676. The van der Waals surface area contributed by atoms with Crippen LogP contribution in [0.15, 0.2) is 18.2 Å². The maximum atomic E-state index is 11.2. The molecule has 98 valence electrons. The van der Waals surface area contributed by atoms with E-state index in [0.29, 0.717) is 0 Å². The van der Waals surface area contributed by atoms with Gasteiger partial charge in [-0.1, -0.05) is 0 Å². The SMILES string of the molecule is Nc1cc(NC2CCS(=O)CC2)ccc1C(=O)O. The number of hydrogen-bond acceptors (Lipinski definition) is 4. The lowest BCUT2D eigenvalue weighted by molar-refractivity contribution is 0.0698. The van der Waals surface area contributed by atoms with Crippen LogP contribution in [0.5, 0.6) is 0 Å². The van der Waals surface area contributed by atoms with E-state index in [1.807, 2.05) is 0 Å². The van der Waals surface area contributed by atoms with Crippen molar-refractivity contribution in [2.24, 2.45) is 0 Å². The van der Waals surface area contributed by atoms with E-state index in [0.717, 1.165) is 30.0 Å². The van der Waals surface area contributed by atoms with Gasteiger partial charge in [0.25, 0.3) is 0 Å². The van der Waals surface area contributed by atoms with E-state index in [4.69, 9.17) is 10.8 Å². The van der Waals surface area contributed by atoms with Crippen LogP contribution < -0.4 is 11.1 Å². The molecular weight excluding hydrogens is 252 g/mol. The van der Waals surface area contributed by atoms with Gasteiger partial charge in [0.2, 0.25) is 0 Å². The molecular formula is C12H16N2O3S. The van der Waals surface area contributed by atoms with E-state index in [2.05, 4.69) is 5.32 Å². The Labute approximate surface area is 108 Å². The van der Waals surface area contributed by atoms with Gasteiger partial charge in [-0.15, -0.1) is 0 Å². The summed E-state index contributed by atoms with van der Waals surface area (Å²) < 4.78 is 11.2. The molecule has 1 aromatic carbocycles. The second-order valence-electron chi connectivity index (χ2n) is 4.37.